The Hall–Kier alpha value is -1.96. The van der Waals surface area contributed by atoms with E-state index in [4.69, 9.17) is 0 Å². The van der Waals surface area contributed by atoms with E-state index in [9.17, 15) is 9.90 Å². The molecule has 0 atom stereocenters. The van der Waals surface area contributed by atoms with Gasteiger partial charge in [0.15, 0.2) is 0 Å². The Morgan fingerprint density at radius 2 is 2.05 bits per heavy atom. The number of phenols is 1. The zero-order chi connectivity index (χ0) is 13.7. The monoisotopic (exact) mass is 367 g/mol. The maximum Gasteiger partial charge on any atom is 0.271 e. The third-order valence-corrected chi connectivity index (χ3v) is 3.16. The molecule has 2 N–H and O–H groups in total. The first kappa shape index (κ1) is 13.5. The number of rotatable bonds is 3. The van der Waals surface area contributed by atoms with E-state index in [0.29, 0.717) is 5.56 Å². The summed E-state index contributed by atoms with van der Waals surface area (Å²) in [6.45, 7) is 0. The highest BCUT2D eigenvalue weighted by molar-refractivity contribution is 14.1. The molecule has 0 saturated carbocycles. The molecular formula is C13H10IN3O2. The fraction of sp³-hybridized carbons (Fsp3) is 0. The van der Waals surface area contributed by atoms with Gasteiger partial charge in [0, 0.05) is 18.0 Å². The van der Waals surface area contributed by atoms with Crippen LogP contribution in [0.4, 0.5) is 0 Å². The van der Waals surface area contributed by atoms with Crippen LogP contribution in [0.3, 0.4) is 0 Å². The number of halogens is 1. The highest BCUT2D eigenvalue weighted by Gasteiger charge is 2.02. The summed E-state index contributed by atoms with van der Waals surface area (Å²) in [6, 6.07) is 8.26. The number of aromatic nitrogens is 1. The number of nitrogens with one attached hydrogen (secondary N) is 1. The van der Waals surface area contributed by atoms with Crippen molar-refractivity contribution in [2.75, 3.05) is 0 Å². The van der Waals surface area contributed by atoms with Crippen molar-refractivity contribution in [2.45, 2.75) is 0 Å². The van der Waals surface area contributed by atoms with E-state index in [1.165, 1.54) is 6.21 Å². The van der Waals surface area contributed by atoms with E-state index in [1.54, 1.807) is 42.7 Å². The fourth-order valence-corrected chi connectivity index (χ4v) is 1.88. The van der Waals surface area contributed by atoms with Crippen molar-refractivity contribution in [2.24, 2.45) is 5.10 Å². The Morgan fingerprint density at radius 1 is 1.32 bits per heavy atom. The van der Waals surface area contributed by atoms with Crippen molar-refractivity contribution in [1.82, 2.24) is 10.4 Å². The molecule has 2 aromatic rings. The maximum atomic E-state index is 11.7. The SMILES string of the molecule is O=C(NN=Cc1ccc(O)c(I)c1)c1ccncc1. The number of pyridine rings is 1. The van der Waals surface area contributed by atoms with Gasteiger partial charge in [-0.05, 0) is 58.5 Å². The summed E-state index contributed by atoms with van der Waals surface area (Å²) in [5.41, 5.74) is 3.70. The van der Waals surface area contributed by atoms with Gasteiger partial charge in [-0.2, -0.15) is 5.10 Å². The summed E-state index contributed by atoms with van der Waals surface area (Å²) in [6.07, 6.45) is 4.60. The number of aromatic hydroxyl groups is 1. The average molecular weight is 367 g/mol. The Kier molecular flexibility index (Phi) is 4.45. The molecule has 1 amide bonds. The molecule has 0 aliphatic heterocycles. The second-order valence-electron chi connectivity index (χ2n) is 3.65. The molecule has 19 heavy (non-hydrogen) atoms. The summed E-state index contributed by atoms with van der Waals surface area (Å²) in [5.74, 6) is -0.0781. The van der Waals surface area contributed by atoms with Crippen molar-refractivity contribution in [1.29, 1.82) is 0 Å². The van der Waals surface area contributed by atoms with Crippen LogP contribution in [0.2, 0.25) is 0 Å². The molecule has 1 aromatic heterocycles. The van der Waals surface area contributed by atoms with Gasteiger partial charge in [-0.25, -0.2) is 5.43 Å². The number of benzene rings is 1. The lowest BCUT2D eigenvalue weighted by Gasteiger charge is -2.00. The molecule has 0 aliphatic rings. The van der Waals surface area contributed by atoms with Crippen LogP contribution < -0.4 is 5.43 Å². The number of hydrogen-bond acceptors (Lipinski definition) is 4. The lowest BCUT2D eigenvalue weighted by Crippen LogP contribution is -2.17. The molecule has 0 aliphatic carbocycles. The normalized spacial score (nSPS) is 10.6. The molecule has 96 valence electrons. The zero-order valence-corrected chi connectivity index (χ0v) is 11.9. The van der Waals surface area contributed by atoms with Crippen LogP contribution in [-0.4, -0.2) is 22.2 Å². The van der Waals surface area contributed by atoms with E-state index in [1.807, 2.05) is 22.6 Å². The predicted octanol–water partition coefficient (Wildman–Crippen LogP) is 2.16. The van der Waals surface area contributed by atoms with Gasteiger partial charge in [0.1, 0.15) is 5.75 Å². The third kappa shape index (κ3) is 3.75. The van der Waals surface area contributed by atoms with Crippen LogP contribution in [0.1, 0.15) is 15.9 Å². The highest BCUT2D eigenvalue weighted by atomic mass is 127. The van der Waals surface area contributed by atoms with Crippen LogP contribution >= 0.6 is 22.6 Å². The second kappa shape index (κ2) is 6.28. The number of carbonyl (C=O) groups is 1. The first-order chi connectivity index (χ1) is 9.16. The van der Waals surface area contributed by atoms with E-state index >= 15 is 0 Å². The number of nitrogens with zero attached hydrogens (tertiary/aromatic N) is 2. The lowest BCUT2D eigenvalue weighted by atomic mass is 10.2. The number of hydrazone groups is 1. The maximum absolute atomic E-state index is 11.7. The molecule has 0 radical (unpaired) electrons. The molecular weight excluding hydrogens is 357 g/mol. The average Bonchev–Trinajstić information content (AvgIpc) is 2.43. The third-order valence-electron chi connectivity index (χ3n) is 2.29. The summed E-state index contributed by atoms with van der Waals surface area (Å²) in [5, 5.41) is 13.2. The highest BCUT2D eigenvalue weighted by Crippen LogP contribution is 2.19. The molecule has 1 aromatic carbocycles. The number of amides is 1. The Bertz CT molecular complexity index is 615. The van der Waals surface area contributed by atoms with E-state index in [0.717, 1.165) is 9.13 Å². The smallest absolute Gasteiger partial charge is 0.271 e. The summed E-state index contributed by atoms with van der Waals surface area (Å²) in [4.78, 5) is 15.5. The summed E-state index contributed by atoms with van der Waals surface area (Å²) >= 11 is 2.02. The molecule has 0 spiro atoms. The van der Waals surface area contributed by atoms with Crippen molar-refractivity contribution < 1.29 is 9.90 Å². The first-order valence-electron chi connectivity index (χ1n) is 5.39. The molecule has 1 heterocycles. The Morgan fingerprint density at radius 3 is 2.74 bits per heavy atom. The largest absolute Gasteiger partial charge is 0.507 e. The van der Waals surface area contributed by atoms with Crippen molar-refractivity contribution in [3.8, 4) is 5.75 Å². The van der Waals surface area contributed by atoms with Gasteiger partial charge in [0.25, 0.3) is 5.91 Å². The Labute approximate surface area is 123 Å². The van der Waals surface area contributed by atoms with Crippen molar-refractivity contribution >= 4 is 34.7 Å². The van der Waals surface area contributed by atoms with Crippen molar-refractivity contribution in [3.05, 3.63) is 57.4 Å². The van der Waals surface area contributed by atoms with Gasteiger partial charge in [0.05, 0.1) is 9.78 Å². The zero-order valence-electron chi connectivity index (χ0n) is 9.75. The second-order valence-corrected chi connectivity index (χ2v) is 4.81. The van der Waals surface area contributed by atoms with Crippen LogP contribution in [-0.2, 0) is 0 Å². The summed E-state index contributed by atoms with van der Waals surface area (Å²) < 4.78 is 0.724. The minimum Gasteiger partial charge on any atom is -0.507 e. The fourth-order valence-electron chi connectivity index (χ4n) is 1.34. The molecule has 0 bridgehead atoms. The molecule has 5 nitrogen and oxygen atoms in total. The van der Waals surface area contributed by atoms with Crippen LogP contribution in [0, 0.1) is 3.57 Å². The van der Waals surface area contributed by atoms with Gasteiger partial charge in [-0.3, -0.25) is 9.78 Å². The van der Waals surface area contributed by atoms with Gasteiger partial charge >= 0.3 is 0 Å². The molecule has 0 unspecified atom stereocenters. The van der Waals surface area contributed by atoms with Crippen LogP contribution in [0.15, 0.2) is 47.8 Å². The van der Waals surface area contributed by atoms with Gasteiger partial charge < -0.3 is 5.11 Å². The van der Waals surface area contributed by atoms with E-state index in [-0.39, 0.29) is 11.7 Å². The standard InChI is InChI=1S/C13H10IN3O2/c14-11-7-9(1-2-12(11)18)8-16-17-13(19)10-3-5-15-6-4-10/h1-8,18H,(H,17,19). The van der Waals surface area contributed by atoms with Gasteiger partial charge in [-0.15, -0.1) is 0 Å². The van der Waals surface area contributed by atoms with Gasteiger partial charge in [-0.1, -0.05) is 0 Å². The number of hydrogen-bond donors (Lipinski definition) is 2. The minimum atomic E-state index is -0.299. The van der Waals surface area contributed by atoms with Gasteiger partial charge in [0.2, 0.25) is 0 Å². The number of carbonyl (C=O) groups excluding carboxylic acids is 1. The molecule has 0 fully saturated rings. The van der Waals surface area contributed by atoms with Crippen LogP contribution in [0.5, 0.6) is 5.75 Å². The summed E-state index contributed by atoms with van der Waals surface area (Å²) in [7, 11) is 0. The molecule has 0 saturated heterocycles. The predicted molar refractivity (Wildman–Crippen MR) is 80.1 cm³/mol. The quantitative estimate of drug-likeness (QED) is 0.496. The minimum absolute atomic E-state index is 0.221. The molecule has 2 rings (SSSR count). The van der Waals surface area contributed by atoms with E-state index < -0.39 is 0 Å². The van der Waals surface area contributed by atoms with Crippen LogP contribution in [0.25, 0.3) is 0 Å². The number of phenolic OH excluding ortho intramolecular Hbond substituents is 1. The molecule has 6 heteroatoms. The Balaban J connectivity index is 2.00. The van der Waals surface area contributed by atoms with E-state index in [2.05, 4.69) is 15.5 Å². The van der Waals surface area contributed by atoms with Crippen molar-refractivity contribution in [3.63, 3.8) is 0 Å². The topological polar surface area (TPSA) is 74.6 Å². The first-order valence-corrected chi connectivity index (χ1v) is 6.46. The lowest BCUT2D eigenvalue weighted by molar-refractivity contribution is 0.0955.